The van der Waals surface area contributed by atoms with E-state index < -0.39 is 5.41 Å². The fourth-order valence-corrected chi connectivity index (χ4v) is 2.51. The summed E-state index contributed by atoms with van der Waals surface area (Å²) < 4.78 is 11.4. The Hall–Kier alpha value is -1.52. The van der Waals surface area contributed by atoms with Crippen molar-refractivity contribution in [3.63, 3.8) is 0 Å². The summed E-state index contributed by atoms with van der Waals surface area (Å²) in [5, 5.41) is 18.7. The third-order valence-corrected chi connectivity index (χ3v) is 3.38. The molecule has 1 saturated heterocycles. The van der Waals surface area contributed by atoms with Gasteiger partial charge in [0.05, 0.1) is 24.0 Å². The van der Waals surface area contributed by atoms with Crippen LogP contribution in [0.3, 0.4) is 0 Å². The molecule has 2 aliphatic heterocycles. The molecule has 0 N–H and O–H groups in total. The summed E-state index contributed by atoms with van der Waals surface area (Å²) in [6, 6.07) is 4.22. The van der Waals surface area contributed by atoms with E-state index in [-0.39, 0.29) is 12.2 Å². The Bertz CT molecular complexity index is 389. The molecule has 90 valence electrons. The number of nitriles is 2. The Morgan fingerprint density at radius 3 is 2.94 bits per heavy atom. The number of hydrogen-bond acceptors (Lipinski definition) is 4. The Labute approximate surface area is 101 Å². The van der Waals surface area contributed by atoms with E-state index in [0.29, 0.717) is 13.0 Å². The molecule has 2 atom stereocenters. The van der Waals surface area contributed by atoms with E-state index in [9.17, 15) is 10.5 Å². The van der Waals surface area contributed by atoms with Gasteiger partial charge in [0, 0.05) is 19.4 Å². The zero-order valence-electron chi connectivity index (χ0n) is 9.98. The second-order valence-electron chi connectivity index (χ2n) is 4.52. The van der Waals surface area contributed by atoms with E-state index in [1.54, 1.807) is 6.08 Å². The lowest BCUT2D eigenvalue weighted by Gasteiger charge is -2.27. The van der Waals surface area contributed by atoms with E-state index in [1.807, 2.05) is 6.92 Å². The minimum atomic E-state index is -1.19. The third kappa shape index (κ3) is 2.14. The standard InChI is InChI=1S/C13H16N2O2/c1-2-16-12-6-10-4-3-5-11(17-10)7-13(12,8-14)9-15/h7,10,12H,2-6H2,1H3/t10-,12+/m0/s1. The molecule has 17 heavy (non-hydrogen) atoms. The van der Waals surface area contributed by atoms with Crippen LogP contribution in [0.1, 0.15) is 32.6 Å². The number of allylic oxidation sites excluding steroid dienone is 1. The minimum Gasteiger partial charge on any atom is -0.495 e. The van der Waals surface area contributed by atoms with E-state index in [1.165, 1.54) is 0 Å². The summed E-state index contributed by atoms with van der Waals surface area (Å²) in [4.78, 5) is 0. The predicted octanol–water partition coefficient (Wildman–Crippen LogP) is 2.28. The zero-order valence-corrected chi connectivity index (χ0v) is 9.98. The first-order valence-electron chi connectivity index (χ1n) is 6.06. The Morgan fingerprint density at radius 2 is 2.29 bits per heavy atom. The molecule has 0 spiro atoms. The molecule has 2 rings (SSSR count). The van der Waals surface area contributed by atoms with Crippen LogP contribution in [0.2, 0.25) is 0 Å². The molecule has 2 heterocycles. The maximum absolute atomic E-state index is 9.33. The summed E-state index contributed by atoms with van der Waals surface area (Å²) >= 11 is 0. The van der Waals surface area contributed by atoms with Crippen molar-refractivity contribution >= 4 is 0 Å². The fourth-order valence-electron chi connectivity index (χ4n) is 2.51. The van der Waals surface area contributed by atoms with Gasteiger partial charge in [0.15, 0.2) is 5.41 Å². The van der Waals surface area contributed by atoms with Crippen molar-refractivity contribution in [1.29, 1.82) is 10.5 Å². The van der Waals surface area contributed by atoms with Crippen molar-refractivity contribution in [2.45, 2.75) is 44.8 Å². The largest absolute Gasteiger partial charge is 0.495 e. The molecule has 1 fully saturated rings. The summed E-state index contributed by atoms with van der Waals surface area (Å²) in [5.74, 6) is 0.784. The van der Waals surface area contributed by atoms with E-state index in [4.69, 9.17) is 9.47 Å². The van der Waals surface area contributed by atoms with Crippen LogP contribution in [0.5, 0.6) is 0 Å². The van der Waals surface area contributed by atoms with Gasteiger partial charge in [-0.2, -0.15) is 10.5 Å². The van der Waals surface area contributed by atoms with Crippen molar-refractivity contribution in [2.24, 2.45) is 5.41 Å². The lowest BCUT2D eigenvalue weighted by molar-refractivity contribution is -0.0141. The number of hydrogen-bond donors (Lipinski definition) is 0. The van der Waals surface area contributed by atoms with Gasteiger partial charge >= 0.3 is 0 Å². The third-order valence-electron chi connectivity index (χ3n) is 3.38. The first kappa shape index (κ1) is 12.0. The van der Waals surface area contributed by atoms with Gasteiger partial charge in [0.25, 0.3) is 0 Å². The average Bonchev–Trinajstić information content (AvgIpc) is 2.45. The number of fused-ring (bicyclic) bond motifs is 2. The molecule has 0 aromatic carbocycles. The number of ether oxygens (including phenoxy) is 2. The molecule has 0 aromatic rings. The van der Waals surface area contributed by atoms with Gasteiger partial charge in [-0.15, -0.1) is 0 Å². The van der Waals surface area contributed by atoms with Crippen LogP contribution >= 0.6 is 0 Å². The first-order chi connectivity index (χ1) is 8.24. The molecular formula is C13H16N2O2. The van der Waals surface area contributed by atoms with Gasteiger partial charge in [-0.1, -0.05) is 0 Å². The second-order valence-corrected chi connectivity index (χ2v) is 4.52. The van der Waals surface area contributed by atoms with Gasteiger partial charge in [-0.05, 0) is 25.8 Å². The van der Waals surface area contributed by atoms with Crippen molar-refractivity contribution in [2.75, 3.05) is 6.61 Å². The van der Waals surface area contributed by atoms with Crippen LogP contribution in [0.15, 0.2) is 11.8 Å². The van der Waals surface area contributed by atoms with Crippen LogP contribution in [0, 0.1) is 28.1 Å². The quantitative estimate of drug-likeness (QED) is 0.732. The molecule has 4 heteroatoms. The molecule has 0 aromatic heterocycles. The van der Waals surface area contributed by atoms with Gasteiger partial charge in [0.1, 0.15) is 6.10 Å². The van der Waals surface area contributed by atoms with Crippen LogP contribution in [-0.2, 0) is 9.47 Å². The highest BCUT2D eigenvalue weighted by Gasteiger charge is 2.44. The predicted molar refractivity (Wildman–Crippen MR) is 60.5 cm³/mol. The summed E-state index contributed by atoms with van der Waals surface area (Å²) in [6.07, 6.45) is 4.86. The van der Waals surface area contributed by atoms with Crippen LogP contribution in [0.25, 0.3) is 0 Å². The molecule has 0 unspecified atom stereocenters. The molecular weight excluding hydrogens is 216 g/mol. The summed E-state index contributed by atoms with van der Waals surface area (Å²) in [6.45, 7) is 2.39. The smallest absolute Gasteiger partial charge is 0.191 e. The molecule has 4 nitrogen and oxygen atoms in total. The molecule has 0 saturated carbocycles. The van der Waals surface area contributed by atoms with Crippen LogP contribution < -0.4 is 0 Å². The van der Waals surface area contributed by atoms with Crippen molar-refractivity contribution < 1.29 is 9.47 Å². The van der Waals surface area contributed by atoms with E-state index in [2.05, 4.69) is 12.1 Å². The highest BCUT2D eigenvalue weighted by molar-refractivity contribution is 5.30. The zero-order chi connectivity index (χ0) is 12.3. The monoisotopic (exact) mass is 232 g/mol. The van der Waals surface area contributed by atoms with Crippen molar-refractivity contribution in [1.82, 2.24) is 0 Å². The average molecular weight is 232 g/mol. The number of nitrogens with zero attached hydrogens (tertiary/aromatic N) is 2. The first-order valence-corrected chi connectivity index (χ1v) is 6.06. The number of rotatable bonds is 2. The Kier molecular flexibility index (Phi) is 3.36. The topological polar surface area (TPSA) is 66.0 Å². The highest BCUT2D eigenvalue weighted by atomic mass is 16.5. The van der Waals surface area contributed by atoms with Crippen molar-refractivity contribution in [3.05, 3.63) is 11.8 Å². The van der Waals surface area contributed by atoms with Gasteiger partial charge in [-0.3, -0.25) is 0 Å². The molecule has 0 aliphatic carbocycles. The van der Waals surface area contributed by atoms with E-state index >= 15 is 0 Å². The SMILES string of the molecule is CCO[C@@H]1C[C@@H]2CCCC(=CC1(C#N)C#N)O2. The fraction of sp³-hybridized carbons (Fsp3) is 0.692. The lowest BCUT2D eigenvalue weighted by Crippen LogP contribution is -2.35. The molecule has 2 bridgehead atoms. The van der Waals surface area contributed by atoms with Crippen LogP contribution in [-0.4, -0.2) is 18.8 Å². The van der Waals surface area contributed by atoms with Crippen LogP contribution in [0.4, 0.5) is 0 Å². The Morgan fingerprint density at radius 1 is 1.53 bits per heavy atom. The summed E-state index contributed by atoms with van der Waals surface area (Å²) in [7, 11) is 0. The lowest BCUT2D eigenvalue weighted by atomic mass is 9.82. The maximum Gasteiger partial charge on any atom is 0.191 e. The van der Waals surface area contributed by atoms with E-state index in [0.717, 1.165) is 25.0 Å². The molecule has 0 amide bonds. The maximum atomic E-state index is 9.33. The summed E-state index contributed by atoms with van der Waals surface area (Å²) in [5.41, 5.74) is -1.19. The molecule has 2 aliphatic rings. The molecule has 0 radical (unpaired) electrons. The van der Waals surface area contributed by atoms with Gasteiger partial charge < -0.3 is 9.47 Å². The highest BCUT2D eigenvalue weighted by Crippen LogP contribution is 2.38. The van der Waals surface area contributed by atoms with Gasteiger partial charge in [0.2, 0.25) is 0 Å². The van der Waals surface area contributed by atoms with Crippen molar-refractivity contribution in [3.8, 4) is 12.1 Å². The van der Waals surface area contributed by atoms with Gasteiger partial charge in [-0.25, -0.2) is 0 Å². The Balaban J connectivity index is 2.37. The second kappa shape index (κ2) is 4.77. The minimum absolute atomic E-state index is 0.0927. The normalized spacial score (nSPS) is 30.2.